The summed E-state index contributed by atoms with van der Waals surface area (Å²) in [5.41, 5.74) is 15.4. The van der Waals surface area contributed by atoms with Crippen molar-refractivity contribution >= 4 is 40.8 Å². The van der Waals surface area contributed by atoms with E-state index in [1.807, 2.05) is 39.0 Å². The SMILES string of the molecule is COc1ccc(NC(=O)Nc2cccc(C(C=NC(C)(C)C)=C(N)c3ccnc(N)n3)c2)cc1. The minimum atomic E-state index is -0.382. The predicted molar refractivity (Wildman–Crippen MR) is 138 cm³/mol. The Kier molecular flexibility index (Phi) is 7.47. The van der Waals surface area contributed by atoms with Gasteiger partial charge >= 0.3 is 6.03 Å². The van der Waals surface area contributed by atoms with Crippen LogP contribution in [-0.4, -0.2) is 34.9 Å². The zero-order chi connectivity index (χ0) is 24.7. The highest BCUT2D eigenvalue weighted by Gasteiger charge is 2.13. The van der Waals surface area contributed by atoms with Gasteiger partial charge in [0.2, 0.25) is 5.95 Å². The molecule has 1 aromatic heterocycles. The highest BCUT2D eigenvalue weighted by molar-refractivity contribution is 6.19. The molecule has 0 saturated heterocycles. The third kappa shape index (κ3) is 6.80. The maximum Gasteiger partial charge on any atom is 0.323 e. The summed E-state index contributed by atoms with van der Waals surface area (Å²) in [4.78, 5) is 25.3. The summed E-state index contributed by atoms with van der Waals surface area (Å²) < 4.78 is 5.14. The topological polar surface area (TPSA) is 141 Å². The van der Waals surface area contributed by atoms with E-state index < -0.39 is 0 Å². The minimum absolute atomic E-state index is 0.123. The van der Waals surface area contributed by atoms with Gasteiger partial charge in [-0.15, -0.1) is 0 Å². The number of rotatable bonds is 6. The number of aliphatic imine (C=N–C) groups is 1. The number of nitrogens with one attached hydrogen (secondary N) is 2. The Morgan fingerprint density at radius 3 is 2.41 bits per heavy atom. The molecule has 0 saturated carbocycles. The van der Waals surface area contributed by atoms with E-state index in [9.17, 15) is 4.79 Å². The van der Waals surface area contributed by atoms with Crippen molar-refractivity contribution in [1.29, 1.82) is 0 Å². The summed E-state index contributed by atoms with van der Waals surface area (Å²) >= 11 is 0. The fraction of sp³-hybridized carbons (Fsp3) is 0.200. The lowest BCUT2D eigenvalue weighted by Gasteiger charge is -2.15. The Hall–Kier alpha value is -4.40. The molecular weight excluding hydrogens is 430 g/mol. The van der Waals surface area contributed by atoms with Crippen LogP contribution in [0.1, 0.15) is 32.0 Å². The van der Waals surface area contributed by atoms with Gasteiger partial charge in [0.15, 0.2) is 0 Å². The number of benzene rings is 2. The van der Waals surface area contributed by atoms with E-state index in [-0.39, 0.29) is 17.5 Å². The van der Waals surface area contributed by atoms with Crippen LogP contribution in [-0.2, 0) is 0 Å². The van der Waals surface area contributed by atoms with Crippen LogP contribution < -0.4 is 26.8 Å². The van der Waals surface area contributed by atoms with Crippen molar-refractivity contribution < 1.29 is 9.53 Å². The smallest absolute Gasteiger partial charge is 0.323 e. The van der Waals surface area contributed by atoms with Gasteiger partial charge in [-0.1, -0.05) is 12.1 Å². The molecule has 6 N–H and O–H groups in total. The Morgan fingerprint density at radius 2 is 1.76 bits per heavy atom. The normalized spacial score (nSPS) is 12.2. The third-order valence-corrected chi connectivity index (χ3v) is 4.60. The van der Waals surface area contributed by atoms with Crippen molar-refractivity contribution in [3.63, 3.8) is 0 Å². The van der Waals surface area contributed by atoms with Crippen molar-refractivity contribution in [2.24, 2.45) is 10.7 Å². The lowest BCUT2D eigenvalue weighted by atomic mass is 10.0. The highest BCUT2D eigenvalue weighted by atomic mass is 16.5. The van der Waals surface area contributed by atoms with Gasteiger partial charge in [0.25, 0.3) is 0 Å². The third-order valence-electron chi connectivity index (χ3n) is 4.60. The van der Waals surface area contributed by atoms with Crippen molar-refractivity contribution in [1.82, 2.24) is 9.97 Å². The van der Waals surface area contributed by atoms with E-state index in [0.29, 0.717) is 34.1 Å². The Labute approximate surface area is 199 Å². The van der Waals surface area contributed by atoms with Crippen molar-refractivity contribution in [2.75, 3.05) is 23.5 Å². The van der Waals surface area contributed by atoms with Gasteiger partial charge in [0, 0.05) is 29.4 Å². The number of hydrogen-bond donors (Lipinski definition) is 4. The molecular formula is C25H29N7O2. The Balaban J connectivity index is 1.89. The fourth-order valence-electron chi connectivity index (χ4n) is 2.95. The molecule has 0 spiro atoms. The van der Waals surface area contributed by atoms with Crippen molar-refractivity contribution in [3.8, 4) is 5.75 Å². The average molecular weight is 460 g/mol. The van der Waals surface area contributed by atoms with Crippen LogP contribution in [0.5, 0.6) is 5.75 Å². The first-order valence-corrected chi connectivity index (χ1v) is 10.6. The lowest BCUT2D eigenvalue weighted by Crippen LogP contribution is -2.19. The number of nitrogens with two attached hydrogens (primary N) is 2. The maximum absolute atomic E-state index is 12.5. The number of aromatic nitrogens is 2. The van der Waals surface area contributed by atoms with Gasteiger partial charge in [-0.25, -0.2) is 14.8 Å². The second-order valence-electron chi connectivity index (χ2n) is 8.44. The van der Waals surface area contributed by atoms with E-state index in [4.69, 9.17) is 16.2 Å². The van der Waals surface area contributed by atoms with Gasteiger partial charge in [-0.2, -0.15) is 0 Å². The summed E-state index contributed by atoms with van der Waals surface area (Å²) in [6.07, 6.45) is 3.26. The number of methoxy groups -OCH3 is 1. The van der Waals surface area contributed by atoms with Crippen LogP contribution in [0.15, 0.2) is 65.8 Å². The molecule has 9 nitrogen and oxygen atoms in total. The maximum atomic E-state index is 12.5. The largest absolute Gasteiger partial charge is 0.497 e. The first kappa shape index (κ1) is 24.2. The Bertz CT molecular complexity index is 1210. The van der Waals surface area contributed by atoms with Crippen molar-refractivity contribution in [3.05, 3.63) is 72.1 Å². The first-order valence-electron chi connectivity index (χ1n) is 10.6. The highest BCUT2D eigenvalue weighted by Crippen LogP contribution is 2.24. The number of nitrogens with zero attached hydrogens (tertiary/aromatic N) is 3. The lowest BCUT2D eigenvalue weighted by molar-refractivity contribution is 0.262. The molecule has 0 fully saturated rings. The van der Waals surface area contributed by atoms with Crippen LogP contribution in [0.3, 0.4) is 0 Å². The van der Waals surface area contributed by atoms with E-state index in [0.717, 1.165) is 5.56 Å². The zero-order valence-electron chi connectivity index (χ0n) is 19.7. The van der Waals surface area contributed by atoms with Gasteiger partial charge < -0.3 is 26.8 Å². The second kappa shape index (κ2) is 10.5. The number of carbonyl (C=O) groups is 1. The zero-order valence-corrected chi connectivity index (χ0v) is 19.7. The number of hydrogen-bond acceptors (Lipinski definition) is 7. The van der Waals surface area contributed by atoms with Gasteiger partial charge in [0.05, 0.1) is 24.0 Å². The number of ether oxygens (including phenoxy) is 1. The number of nitrogen functional groups attached to an aromatic ring is 1. The molecule has 2 amide bonds. The monoisotopic (exact) mass is 459 g/mol. The molecule has 0 aliphatic rings. The molecule has 0 bridgehead atoms. The molecule has 0 radical (unpaired) electrons. The van der Waals surface area contributed by atoms with Gasteiger partial charge in [0.1, 0.15) is 5.75 Å². The standard InChI is InChI=1S/C25H29N7O2/c1-25(2,3)29-15-20(22(26)21-12-13-28-23(27)32-21)16-6-5-7-18(14-16)31-24(33)30-17-8-10-19(34-4)11-9-17/h5-15H,26H2,1-4H3,(H2,27,28,32)(H2,30,31,33). The van der Waals surface area contributed by atoms with E-state index in [2.05, 4.69) is 25.6 Å². The number of anilines is 3. The van der Waals surface area contributed by atoms with Crippen LogP contribution >= 0.6 is 0 Å². The van der Waals surface area contributed by atoms with Gasteiger partial charge in [-0.3, -0.25) is 4.99 Å². The summed E-state index contributed by atoms with van der Waals surface area (Å²) in [5.74, 6) is 0.830. The van der Waals surface area contributed by atoms with Crippen LogP contribution in [0, 0.1) is 0 Å². The molecule has 0 aliphatic heterocycles. The van der Waals surface area contributed by atoms with Crippen LogP contribution in [0.25, 0.3) is 11.3 Å². The molecule has 3 aromatic rings. The molecule has 0 atom stereocenters. The Morgan fingerprint density at radius 1 is 1.06 bits per heavy atom. The molecule has 34 heavy (non-hydrogen) atoms. The molecule has 0 unspecified atom stereocenters. The predicted octanol–water partition coefficient (Wildman–Crippen LogP) is 4.41. The van der Waals surface area contributed by atoms with E-state index >= 15 is 0 Å². The van der Waals surface area contributed by atoms with Gasteiger partial charge in [-0.05, 0) is 68.8 Å². The van der Waals surface area contributed by atoms with Crippen LogP contribution in [0.2, 0.25) is 0 Å². The summed E-state index contributed by atoms with van der Waals surface area (Å²) in [5, 5.41) is 5.63. The van der Waals surface area contributed by atoms with E-state index in [1.165, 1.54) is 0 Å². The molecule has 2 aromatic carbocycles. The minimum Gasteiger partial charge on any atom is -0.497 e. The fourth-order valence-corrected chi connectivity index (χ4v) is 2.95. The number of allylic oxidation sites excluding steroid dienone is 1. The molecule has 0 aliphatic carbocycles. The van der Waals surface area contributed by atoms with Crippen LogP contribution in [0.4, 0.5) is 22.1 Å². The van der Waals surface area contributed by atoms with E-state index in [1.54, 1.807) is 55.9 Å². The quantitative estimate of drug-likeness (QED) is 0.403. The average Bonchev–Trinajstić information content (AvgIpc) is 2.79. The molecule has 9 heteroatoms. The summed E-state index contributed by atoms with van der Waals surface area (Å²) in [7, 11) is 1.59. The molecule has 3 rings (SSSR count). The van der Waals surface area contributed by atoms with Crippen molar-refractivity contribution in [2.45, 2.75) is 26.3 Å². The summed E-state index contributed by atoms with van der Waals surface area (Å²) in [6, 6.07) is 15.7. The molecule has 176 valence electrons. The number of carbonyl (C=O) groups excluding carboxylic acids is 1. The second-order valence-corrected chi connectivity index (χ2v) is 8.44. The number of urea groups is 1. The number of amides is 2. The summed E-state index contributed by atoms with van der Waals surface area (Å²) in [6.45, 7) is 5.96. The first-order chi connectivity index (χ1) is 16.1. The molecule has 1 heterocycles.